The number of ether oxygens (including phenoxy) is 1. The minimum Gasteiger partial charge on any atom is -0.496 e. The van der Waals surface area contributed by atoms with E-state index in [-0.39, 0.29) is 5.69 Å². The first-order chi connectivity index (χ1) is 9.15. The Hall–Kier alpha value is -2.69. The highest BCUT2D eigenvalue weighted by atomic mass is 16.6. The van der Waals surface area contributed by atoms with Crippen LogP contribution in [0.5, 0.6) is 5.75 Å². The van der Waals surface area contributed by atoms with E-state index in [1.54, 1.807) is 30.3 Å². The first kappa shape index (κ1) is 12.8. The van der Waals surface area contributed by atoms with E-state index in [0.717, 1.165) is 17.4 Å². The molecule has 19 heavy (non-hydrogen) atoms. The van der Waals surface area contributed by atoms with Crippen molar-refractivity contribution in [2.24, 2.45) is 0 Å². The van der Waals surface area contributed by atoms with Gasteiger partial charge in [0.15, 0.2) is 6.29 Å². The highest BCUT2D eigenvalue weighted by Gasteiger charge is 2.08. The number of methoxy groups -OCH3 is 1. The first-order valence-corrected chi connectivity index (χ1v) is 5.53. The molecule has 0 N–H and O–H groups in total. The monoisotopic (exact) mass is 257 g/mol. The molecule has 0 bridgehead atoms. The molecule has 2 aromatic rings. The lowest BCUT2D eigenvalue weighted by Gasteiger charge is -2.07. The van der Waals surface area contributed by atoms with Crippen LogP contribution in [0.3, 0.4) is 0 Å². The summed E-state index contributed by atoms with van der Waals surface area (Å²) in [7, 11) is 1.49. The normalized spacial score (nSPS) is 9.95. The highest BCUT2D eigenvalue weighted by Crippen LogP contribution is 2.27. The van der Waals surface area contributed by atoms with Gasteiger partial charge in [0.1, 0.15) is 5.75 Å². The SMILES string of the molecule is COc1cc(-c2ccc([N+](=O)[O-])cc2)ccc1C=O. The number of hydrogen-bond acceptors (Lipinski definition) is 4. The Morgan fingerprint density at radius 1 is 1.11 bits per heavy atom. The third-order valence-electron chi connectivity index (χ3n) is 2.77. The number of benzene rings is 2. The summed E-state index contributed by atoms with van der Waals surface area (Å²) in [6.07, 6.45) is 0.721. The van der Waals surface area contributed by atoms with Crippen LogP contribution in [-0.4, -0.2) is 18.3 Å². The average molecular weight is 257 g/mol. The molecule has 0 aliphatic rings. The van der Waals surface area contributed by atoms with E-state index in [4.69, 9.17) is 4.74 Å². The summed E-state index contributed by atoms with van der Waals surface area (Å²) in [6.45, 7) is 0. The maximum absolute atomic E-state index is 10.8. The van der Waals surface area contributed by atoms with Crippen LogP contribution in [0.15, 0.2) is 42.5 Å². The van der Waals surface area contributed by atoms with Crippen LogP contribution in [-0.2, 0) is 0 Å². The Morgan fingerprint density at radius 3 is 2.26 bits per heavy atom. The van der Waals surface area contributed by atoms with Gasteiger partial charge in [0.25, 0.3) is 5.69 Å². The smallest absolute Gasteiger partial charge is 0.269 e. The van der Waals surface area contributed by atoms with Crippen LogP contribution in [0.4, 0.5) is 5.69 Å². The molecule has 0 heterocycles. The van der Waals surface area contributed by atoms with Gasteiger partial charge in [-0.1, -0.05) is 6.07 Å². The zero-order valence-corrected chi connectivity index (χ0v) is 10.2. The van der Waals surface area contributed by atoms with E-state index in [1.807, 2.05) is 0 Å². The standard InChI is InChI=1S/C14H11NO4/c1-19-14-8-11(2-3-12(14)9-16)10-4-6-13(7-5-10)15(17)18/h2-9H,1H3. The number of hydrogen-bond donors (Lipinski definition) is 0. The fourth-order valence-electron chi connectivity index (χ4n) is 1.76. The van der Waals surface area contributed by atoms with Crippen molar-refractivity contribution in [2.75, 3.05) is 7.11 Å². The predicted molar refractivity (Wildman–Crippen MR) is 70.5 cm³/mol. The van der Waals surface area contributed by atoms with Gasteiger partial charge >= 0.3 is 0 Å². The summed E-state index contributed by atoms with van der Waals surface area (Å²) in [5.41, 5.74) is 2.16. The van der Waals surface area contributed by atoms with Crippen LogP contribution >= 0.6 is 0 Å². The van der Waals surface area contributed by atoms with Crippen LogP contribution in [0.1, 0.15) is 10.4 Å². The summed E-state index contributed by atoms with van der Waals surface area (Å²) < 4.78 is 5.12. The number of nitrogens with zero attached hydrogens (tertiary/aromatic N) is 1. The summed E-state index contributed by atoms with van der Waals surface area (Å²) in [5.74, 6) is 0.478. The van der Waals surface area contributed by atoms with Crippen LogP contribution in [0.2, 0.25) is 0 Å². The van der Waals surface area contributed by atoms with Gasteiger partial charge in [0.05, 0.1) is 17.6 Å². The van der Waals surface area contributed by atoms with Crippen molar-refractivity contribution in [3.8, 4) is 16.9 Å². The van der Waals surface area contributed by atoms with Crippen molar-refractivity contribution >= 4 is 12.0 Å². The van der Waals surface area contributed by atoms with Gasteiger partial charge in [-0.15, -0.1) is 0 Å². The lowest BCUT2D eigenvalue weighted by Crippen LogP contribution is -1.91. The van der Waals surface area contributed by atoms with E-state index in [0.29, 0.717) is 11.3 Å². The Kier molecular flexibility index (Phi) is 3.56. The topological polar surface area (TPSA) is 69.4 Å². The fraction of sp³-hybridized carbons (Fsp3) is 0.0714. The Morgan fingerprint density at radius 2 is 1.74 bits per heavy atom. The maximum Gasteiger partial charge on any atom is 0.269 e. The maximum atomic E-state index is 10.8. The van der Waals surface area contributed by atoms with Crippen molar-refractivity contribution in [2.45, 2.75) is 0 Å². The quantitative estimate of drug-likeness (QED) is 0.479. The van der Waals surface area contributed by atoms with E-state index >= 15 is 0 Å². The molecule has 0 aliphatic carbocycles. The van der Waals surface area contributed by atoms with Crippen LogP contribution in [0, 0.1) is 10.1 Å². The lowest BCUT2D eigenvalue weighted by atomic mass is 10.0. The molecule has 0 saturated heterocycles. The Labute approximate surface area is 109 Å². The number of non-ortho nitro benzene ring substituents is 1. The molecule has 0 fully saturated rings. The van der Waals surface area contributed by atoms with Crippen molar-refractivity contribution in [3.63, 3.8) is 0 Å². The second kappa shape index (κ2) is 5.30. The molecule has 0 unspecified atom stereocenters. The van der Waals surface area contributed by atoms with Gasteiger partial charge in [-0.3, -0.25) is 14.9 Å². The molecule has 2 rings (SSSR count). The molecule has 96 valence electrons. The third kappa shape index (κ3) is 2.60. The van der Waals surface area contributed by atoms with Gasteiger partial charge in [-0.05, 0) is 35.4 Å². The van der Waals surface area contributed by atoms with Gasteiger partial charge in [0, 0.05) is 12.1 Å². The van der Waals surface area contributed by atoms with E-state index in [1.165, 1.54) is 19.2 Å². The van der Waals surface area contributed by atoms with E-state index < -0.39 is 4.92 Å². The van der Waals surface area contributed by atoms with Crippen molar-refractivity contribution < 1.29 is 14.5 Å². The van der Waals surface area contributed by atoms with Gasteiger partial charge < -0.3 is 4.74 Å². The summed E-state index contributed by atoms with van der Waals surface area (Å²) >= 11 is 0. The molecule has 5 nitrogen and oxygen atoms in total. The Bertz CT molecular complexity index is 620. The molecule has 0 aromatic heterocycles. The van der Waals surface area contributed by atoms with Gasteiger partial charge in [-0.2, -0.15) is 0 Å². The zero-order valence-electron chi connectivity index (χ0n) is 10.2. The van der Waals surface area contributed by atoms with Crippen molar-refractivity contribution in [1.82, 2.24) is 0 Å². The second-order valence-electron chi connectivity index (χ2n) is 3.88. The number of aldehydes is 1. The molecule has 0 atom stereocenters. The fourth-order valence-corrected chi connectivity index (χ4v) is 1.76. The number of rotatable bonds is 4. The van der Waals surface area contributed by atoms with Crippen LogP contribution < -0.4 is 4.74 Å². The minimum atomic E-state index is -0.445. The molecule has 0 saturated carbocycles. The number of nitro groups is 1. The van der Waals surface area contributed by atoms with Crippen molar-refractivity contribution in [3.05, 3.63) is 58.1 Å². The number of carbonyl (C=O) groups excluding carboxylic acids is 1. The molecule has 0 amide bonds. The number of carbonyl (C=O) groups is 1. The number of nitro benzene ring substituents is 1. The molecular weight excluding hydrogens is 246 g/mol. The summed E-state index contributed by atoms with van der Waals surface area (Å²) in [5, 5.41) is 10.6. The minimum absolute atomic E-state index is 0.0419. The van der Waals surface area contributed by atoms with E-state index in [2.05, 4.69) is 0 Å². The predicted octanol–water partition coefficient (Wildman–Crippen LogP) is 3.08. The molecule has 0 aliphatic heterocycles. The molecule has 2 aromatic carbocycles. The van der Waals surface area contributed by atoms with Gasteiger partial charge in [0.2, 0.25) is 0 Å². The molecular formula is C14H11NO4. The van der Waals surface area contributed by atoms with Gasteiger partial charge in [-0.25, -0.2) is 0 Å². The van der Waals surface area contributed by atoms with Crippen LogP contribution in [0.25, 0.3) is 11.1 Å². The molecule has 5 heteroatoms. The average Bonchev–Trinajstić information content (AvgIpc) is 2.46. The second-order valence-corrected chi connectivity index (χ2v) is 3.88. The Balaban J connectivity index is 2.41. The first-order valence-electron chi connectivity index (χ1n) is 5.53. The highest BCUT2D eigenvalue weighted by molar-refractivity contribution is 5.82. The molecule has 0 spiro atoms. The third-order valence-corrected chi connectivity index (χ3v) is 2.77. The lowest BCUT2D eigenvalue weighted by molar-refractivity contribution is -0.384. The summed E-state index contributed by atoms with van der Waals surface area (Å²) in [4.78, 5) is 20.9. The largest absolute Gasteiger partial charge is 0.496 e. The zero-order chi connectivity index (χ0) is 13.8. The summed E-state index contributed by atoms with van der Waals surface area (Å²) in [6, 6.07) is 11.4. The van der Waals surface area contributed by atoms with E-state index in [9.17, 15) is 14.9 Å². The van der Waals surface area contributed by atoms with Crippen molar-refractivity contribution in [1.29, 1.82) is 0 Å². The molecule has 0 radical (unpaired) electrons.